The molecule has 14 heavy (non-hydrogen) atoms. The van der Waals surface area contributed by atoms with Crippen LogP contribution in [0, 0.1) is 0 Å². The van der Waals surface area contributed by atoms with Crippen LogP contribution in [0.25, 0.3) is 0 Å². The highest BCUT2D eigenvalue weighted by Gasteiger charge is 2.64. The van der Waals surface area contributed by atoms with E-state index in [0.717, 1.165) is 0 Å². The average molecular weight is 202 g/mol. The number of ether oxygens (including phenoxy) is 2. The number of rotatable bonds is 3. The van der Waals surface area contributed by atoms with Crippen LogP contribution in [0.1, 0.15) is 6.42 Å². The molecule has 5 atom stereocenters. The van der Waals surface area contributed by atoms with Crippen molar-refractivity contribution < 1.29 is 24.8 Å². The van der Waals surface area contributed by atoms with Crippen LogP contribution in [0.15, 0.2) is 0 Å². The quantitative estimate of drug-likeness (QED) is 0.431. The first-order valence-corrected chi connectivity index (χ1v) is 4.89. The zero-order chi connectivity index (χ0) is 10.3. The molecule has 0 spiro atoms. The first-order valence-electron chi connectivity index (χ1n) is 4.89. The molecule has 0 aromatic heterocycles. The lowest BCUT2D eigenvalue weighted by atomic mass is 9.89. The maximum atomic E-state index is 9.86. The van der Waals surface area contributed by atoms with Crippen LogP contribution in [-0.4, -0.2) is 66.3 Å². The zero-order valence-corrected chi connectivity index (χ0v) is 8.09. The molecule has 5 nitrogen and oxygen atoms in total. The molecule has 0 radical (unpaired) electrons. The highest BCUT2D eigenvalue weighted by Crippen LogP contribution is 2.44. The maximum Gasteiger partial charge on any atom is 0.145 e. The SMILES string of the molecule is B[C@@H]1O[C@@]2(CO)[C@H](CCO)O[C@@H]1[C@@H]2O. The van der Waals surface area contributed by atoms with E-state index in [9.17, 15) is 10.2 Å². The summed E-state index contributed by atoms with van der Waals surface area (Å²) in [5, 5.41) is 28.0. The van der Waals surface area contributed by atoms with E-state index in [-0.39, 0.29) is 25.3 Å². The Balaban J connectivity index is 2.20. The van der Waals surface area contributed by atoms with Gasteiger partial charge in [0, 0.05) is 6.61 Å². The van der Waals surface area contributed by atoms with E-state index in [4.69, 9.17) is 14.6 Å². The molecule has 0 unspecified atom stereocenters. The first kappa shape index (κ1) is 10.4. The molecular weight excluding hydrogens is 187 g/mol. The Hall–Kier alpha value is -0.135. The second-order valence-electron chi connectivity index (χ2n) is 3.98. The van der Waals surface area contributed by atoms with Crippen molar-refractivity contribution in [3.8, 4) is 0 Å². The third kappa shape index (κ3) is 1.15. The summed E-state index contributed by atoms with van der Waals surface area (Å²) in [4.78, 5) is 0. The molecule has 0 aliphatic carbocycles. The van der Waals surface area contributed by atoms with Crippen LogP contribution >= 0.6 is 0 Å². The summed E-state index contributed by atoms with van der Waals surface area (Å²) >= 11 is 0. The third-order valence-electron chi connectivity index (χ3n) is 3.18. The third-order valence-corrected chi connectivity index (χ3v) is 3.18. The number of aliphatic hydroxyl groups excluding tert-OH is 3. The van der Waals surface area contributed by atoms with Crippen LogP contribution in [0.5, 0.6) is 0 Å². The van der Waals surface area contributed by atoms with Crippen molar-refractivity contribution in [2.45, 2.75) is 36.3 Å². The van der Waals surface area contributed by atoms with Gasteiger partial charge in [0.25, 0.3) is 0 Å². The molecule has 80 valence electrons. The fraction of sp³-hybridized carbons (Fsp3) is 1.00. The van der Waals surface area contributed by atoms with Crippen LogP contribution in [0.2, 0.25) is 0 Å². The summed E-state index contributed by atoms with van der Waals surface area (Å²) in [5.74, 6) is 0. The van der Waals surface area contributed by atoms with Crippen LogP contribution in [0.4, 0.5) is 0 Å². The Bertz CT molecular complexity index is 226. The Morgan fingerprint density at radius 2 is 2.07 bits per heavy atom. The highest BCUT2D eigenvalue weighted by molar-refractivity contribution is 6.11. The van der Waals surface area contributed by atoms with Crippen molar-refractivity contribution in [2.24, 2.45) is 0 Å². The number of hydrogen-bond acceptors (Lipinski definition) is 5. The first-order chi connectivity index (χ1) is 6.65. The van der Waals surface area contributed by atoms with Gasteiger partial charge in [0.1, 0.15) is 25.7 Å². The Morgan fingerprint density at radius 1 is 1.36 bits per heavy atom. The molecule has 0 aromatic rings. The van der Waals surface area contributed by atoms with Gasteiger partial charge in [0.05, 0.1) is 18.7 Å². The van der Waals surface area contributed by atoms with E-state index in [0.29, 0.717) is 6.42 Å². The fourth-order valence-corrected chi connectivity index (χ4v) is 2.44. The molecule has 3 N–H and O–H groups in total. The van der Waals surface area contributed by atoms with Crippen molar-refractivity contribution in [3.63, 3.8) is 0 Å². The van der Waals surface area contributed by atoms with Crippen molar-refractivity contribution in [1.29, 1.82) is 0 Å². The Kier molecular flexibility index (Phi) is 2.57. The molecule has 2 saturated heterocycles. The standard InChI is InChI=1S/C8H15BO5/c9-7-5-6(12)8(3-11,14-7)4(13-5)1-2-10/h4-7,10-12H,1-3,9H2/t4-,5+,6-,7+,8-/m0/s1. The van der Waals surface area contributed by atoms with E-state index in [1.165, 1.54) is 0 Å². The summed E-state index contributed by atoms with van der Waals surface area (Å²) in [6, 6.07) is -0.202. The predicted molar refractivity (Wildman–Crippen MR) is 49.6 cm³/mol. The van der Waals surface area contributed by atoms with E-state index in [1.54, 1.807) is 7.85 Å². The van der Waals surface area contributed by atoms with E-state index >= 15 is 0 Å². The average Bonchev–Trinajstić information content (AvgIpc) is 2.56. The zero-order valence-electron chi connectivity index (χ0n) is 8.09. The maximum absolute atomic E-state index is 9.86. The van der Waals surface area contributed by atoms with Crippen molar-refractivity contribution in [3.05, 3.63) is 0 Å². The van der Waals surface area contributed by atoms with Crippen molar-refractivity contribution in [2.75, 3.05) is 13.2 Å². The molecule has 0 amide bonds. The van der Waals surface area contributed by atoms with Gasteiger partial charge >= 0.3 is 0 Å². The second-order valence-corrected chi connectivity index (χ2v) is 3.98. The van der Waals surface area contributed by atoms with Gasteiger partial charge in [-0.25, -0.2) is 0 Å². The van der Waals surface area contributed by atoms with Gasteiger partial charge in [-0.05, 0) is 6.42 Å². The summed E-state index contributed by atoms with van der Waals surface area (Å²) in [5.41, 5.74) is -1.02. The summed E-state index contributed by atoms with van der Waals surface area (Å²) in [7, 11) is 1.81. The molecule has 2 heterocycles. The minimum Gasteiger partial charge on any atom is -0.396 e. The molecule has 2 fully saturated rings. The molecule has 0 aromatic carbocycles. The van der Waals surface area contributed by atoms with Gasteiger partial charge in [0.15, 0.2) is 0 Å². The molecule has 2 aliphatic heterocycles. The molecule has 2 rings (SSSR count). The molecule has 6 heteroatoms. The normalized spacial score (nSPS) is 51.4. The van der Waals surface area contributed by atoms with Gasteiger partial charge < -0.3 is 24.8 Å². The Labute approximate surface area is 83.0 Å². The summed E-state index contributed by atoms with van der Waals surface area (Å²) < 4.78 is 11.1. The fourth-order valence-electron chi connectivity index (χ4n) is 2.44. The largest absolute Gasteiger partial charge is 0.396 e. The lowest BCUT2D eigenvalue weighted by Gasteiger charge is -2.35. The summed E-state index contributed by atoms with van der Waals surface area (Å²) in [6.45, 7) is -0.316. The Morgan fingerprint density at radius 3 is 2.57 bits per heavy atom. The van der Waals surface area contributed by atoms with E-state index in [1.807, 2.05) is 0 Å². The van der Waals surface area contributed by atoms with Gasteiger partial charge in [-0.3, -0.25) is 0 Å². The van der Waals surface area contributed by atoms with Gasteiger partial charge in [0.2, 0.25) is 0 Å². The topological polar surface area (TPSA) is 79.2 Å². The number of aliphatic hydroxyl groups is 3. The van der Waals surface area contributed by atoms with E-state index < -0.39 is 17.8 Å². The molecular formula is C8H15BO5. The van der Waals surface area contributed by atoms with Crippen LogP contribution in [-0.2, 0) is 9.47 Å². The second kappa shape index (κ2) is 3.46. The van der Waals surface area contributed by atoms with Crippen LogP contribution in [0.3, 0.4) is 0 Å². The lowest BCUT2D eigenvalue weighted by molar-refractivity contribution is -0.183. The van der Waals surface area contributed by atoms with Crippen molar-refractivity contribution >= 4 is 7.85 Å². The minimum atomic E-state index is -1.02. The van der Waals surface area contributed by atoms with Crippen molar-refractivity contribution in [1.82, 2.24) is 0 Å². The van der Waals surface area contributed by atoms with E-state index in [2.05, 4.69) is 0 Å². The lowest BCUT2D eigenvalue weighted by Crippen LogP contribution is -2.51. The number of fused-ring (bicyclic) bond motifs is 2. The smallest absolute Gasteiger partial charge is 0.145 e. The molecule has 2 aliphatic rings. The number of hydrogen-bond donors (Lipinski definition) is 3. The minimum absolute atomic E-state index is 0.0381. The highest BCUT2D eigenvalue weighted by atomic mass is 16.6. The molecule has 2 bridgehead atoms. The molecule has 0 saturated carbocycles. The monoisotopic (exact) mass is 202 g/mol. The van der Waals surface area contributed by atoms with Crippen LogP contribution < -0.4 is 0 Å². The van der Waals surface area contributed by atoms with Gasteiger partial charge in [-0.1, -0.05) is 0 Å². The van der Waals surface area contributed by atoms with Gasteiger partial charge in [-0.15, -0.1) is 0 Å². The van der Waals surface area contributed by atoms with Gasteiger partial charge in [-0.2, -0.15) is 0 Å². The predicted octanol–water partition coefficient (Wildman–Crippen LogP) is -2.78. The summed E-state index contributed by atoms with van der Waals surface area (Å²) in [6.07, 6.45) is -1.20.